The molecule has 0 saturated carbocycles. The van der Waals surface area contributed by atoms with Crippen LogP contribution in [0.2, 0.25) is 0 Å². The van der Waals surface area contributed by atoms with Crippen molar-refractivity contribution < 1.29 is 9.53 Å². The molecule has 1 N–H and O–H groups in total. The highest BCUT2D eigenvalue weighted by molar-refractivity contribution is 5.95. The number of fused-ring (bicyclic) bond motifs is 1. The zero-order valence-electron chi connectivity index (χ0n) is 16.5. The van der Waals surface area contributed by atoms with E-state index < -0.39 is 0 Å². The van der Waals surface area contributed by atoms with Gasteiger partial charge in [-0.05, 0) is 19.1 Å². The fraction of sp³-hybridized carbons (Fsp3) is 0.400. The molecule has 2 aliphatic heterocycles. The lowest BCUT2D eigenvalue weighted by Crippen LogP contribution is -2.44. The Morgan fingerprint density at radius 3 is 2.83 bits per heavy atom. The monoisotopic (exact) mass is 393 g/mol. The Bertz CT molecular complexity index is 1070. The molecule has 3 aromatic heterocycles. The molecule has 9 nitrogen and oxygen atoms in total. The molecule has 0 aromatic carbocycles. The van der Waals surface area contributed by atoms with Crippen LogP contribution in [-0.2, 0) is 4.74 Å². The van der Waals surface area contributed by atoms with E-state index in [9.17, 15) is 4.79 Å². The minimum absolute atomic E-state index is 0.0443. The number of hydrogen-bond acceptors (Lipinski definition) is 6. The third-order valence-corrected chi connectivity index (χ3v) is 5.56. The van der Waals surface area contributed by atoms with Crippen molar-refractivity contribution in [2.75, 3.05) is 49.7 Å². The van der Waals surface area contributed by atoms with Crippen LogP contribution in [0.4, 0.5) is 16.4 Å². The van der Waals surface area contributed by atoms with Gasteiger partial charge in [-0.3, -0.25) is 4.90 Å². The maximum absolute atomic E-state index is 12.6. The topological polar surface area (TPSA) is 90.5 Å². The molecule has 5 heterocycles. The molecule has 9 heteroatoms. The van der Waals surface area contributed by atoms with Crippen LogP contribution in [0.3, 0.4) is 0 Å². The van der Waals surface area contributed by atoms with Crippen LogP contribution in [0.5, 0.6) is 0 Å². The molecule has 1 atom stereocenters. The summed E-state index contributed by atoms with van der Waals surface area (Å²) in [5.41, 5.74) is 1.68. The number of hydrogen-bond donors (Lipinski definition) is 1. The Hall–Kier alpha value is -3.20. The van der Waals surface area contributed by atoms with Crippen LogP contribution >= 0.6 is 0 Å². The van der Waals surface area contributed by atoms with Gasteiger partial charge in [0.15, 0.2) is 5.82 Å². The van der Waals surface area contributed by atoms with E-state index in [0.29, 0.717) is 37.9 Å². The van der Waals surface area contributed by atoms with E-state index in [1.807, 2.05) is 31.4 Å². The number of ether oxygens (including phenoxy) is 1. The fourth-order valence-corrected chi connectivity index (χ4v) is 3.91. The quantitative estimate of drug-likeness (QED) is 0.733. The Balaban J connectivity index is 1.66. The molecule has 2 saturated heterocycles. The van der Waals surface area contributed by atoms with Crippen LogP contribution in [0.25, 0.3) is 22.4 Å². The molecule has 0 aliphatic carbocycles. The fourth-order valence-electron chi connectivity index (χ4n) is 3.91. The van der Waals surface area contributed by atoms with Gasteiger partial charge in [0.25, 0.3) is 0 Å². The lowest BCUT2D eigenvalue weighted by molar-refractivity contribution is 0.0985. The summed E-state index contributed by atoms with van der Waals surface area (Å²) in [6.45, 7) is 5.46. The molecular weight excluding hydrogens is 370 g/mol. The zero-order chi connectivity index (χ0) is 20.0. The first kappa shape index (κ1) is 17.9. The molecular formula is C20H23N7O2. The molecule has 0 radical (unpaired) electrons. The van der Waals surface area contributed by atoms with Gasteiger partial charge in [-0.25, -0.2) is 19.7 Å². The first-order chi connectivity index (χ1) is 14.1. The van der Waals surface area contributed by atoms with Gasteiger partial charge < -0.3 is 19.5 Å². The lowest BCUT2D eigenvalue weighted by Gasteiger charge is -2.34. The molecule has 2 amide bonds. The van der Waals surface area contributed by atoms with Crippen LogP contribution in [0.15, 0.2) is 30.6 Å². The van der Waals surface area contributed by atoms with Crippen molar-refractivity contribution in [2.45, 2.75) is 13.0 Å². The number of urea groups is 1. The number of nitrogens with zero attached hydrogens (tertiary/aromatic N) is 6. The average Bonchev–Trinajstić information content (AvgIpc) is 3.35. The summed E-state index contributed by atoms with van der Waals surface area (Å²) in [7, 11) is 1.81. The first-order valence-electron chi connectivity index (χ1n) is 9.80. The van der Waals surface area contributed by atoms with Gasteiger partial charge in [0.2, 0.25) is 0 Å². The largest absolute Gasteiger partial charge is 0.377 e. The van der Waals surface area contributed by atoms with Crippen molar-refractivity contribution in [3.05, 3.63) is 30.6 Å². The van der Waals surface area contributed by atoms with Gasteiger partial charge in [0.1, 0.15) is 17.3 Å². The minimum atomic E-state index is -0.0443. The summed E-state index contributed by atoms with van der Waals surface area (Å²) in [6.07, 6.45) is 3.60. The Morgan fingerprint density at radius 2 is 2.03 bits per heavy atom. The SMILES string of the molecule is C[C@@H]1COCCN1c1cc(N2CCN(C)C2=O)nc(-c2ccnc3[nH]ccc23)n1. The molecule has 2 aliphatic rings. The second kappa shape index (κ2) is 7.00. The average molecular weight is 393 g/mol. The number of aromatic nitrogens is 4. The van der Waals surface area contributed by atoms with Gasteiger partial charge in [-0.1, -0.05) is 0 Å². The summed E-state index contributed by atoms with van der Waals surface area (Å²) in [6, 6.07) is 5.95. The smallest absolute Gasteiger partial charge is 0.325 e. The third kappa shape index (κ3) is 3.07. The normalized spacial score (nSPS) is 20.1. The van der Waals surface area contributed by atoms with Crippen molar-refractivity contribution in [3.63, 3.8) is 0 Å². The maximum Gasteiger partial charge on any atom is 0.325 e. The summed E-state index contributed by atoms with van der Waals surface area (Å²) < 4.78 is 5.59. The second-order valence-electron chi connectivity index (χ2n) is 7.48. The molecule has 0 unspecified atom stereocenters. The van der Waals surface area contributed by atoms with Crippen molar-refractivity contribution >= 4 is 28.7 Å². The maximum atomic E-state index is 12.6. The van der Waals surface area contributed by atoms with E-state index >= 15 is 0 Å². The zero-order valence-corrected chi connectivity index (χ0v) is 16.5. The number of carbonyl (C=O) groups excluding carboxylic acids is 1. The summed E-state index contributed by atoms with van der Waals surface area (Å²) >= 11 is 0. The number of pyridine rings is 1. The van der Waals surface area contributed by atoms with E-state index in [4.69, 9.17) is 14.7 Å². The van der Waals surface area contributed by atoms with Gasteiger partial charge in [-0.2, -0.15) is 0 Å². The van der Waals surface area contributed by atoms with E-state index in [1.165, 1.54) is 0 Å². The molecule has 2 fully saturated rings. The Morgan fingerprint density at radius 1 is 1.17 bits per heavy atom. The number of H-pyrrole nitrogens is 1. The predicted octanol–water partition coefficient (Wildman–Crippen LogP) is 2.12. The van der Waals surface area contributed by atoms with Crippen molar-refractivity contribution in [1.82, 2.24) is 24.8 Å². The summed E-state index contributed by atoms with van der Waals surface area (Å²) in [5, 5.41) is 0.954. The van der Waals surface area contributed by atoms with Gasteiger partial charge in [0, 0.05) is 56.1 Å². The number of likely N-dealkylation sites (N-methyl/N-ethyl adjacent to an activating group) is 1. The minimum Gasteiger partial charge on any atom is -0.377 e. The highest BCUT2D eigenvalue weighted by atomic mass is 16.5. The number of nitrogens with one attached hydrogen (secondary N) is 1. The van der Waals surface area contributed by atoms with E-state index in [1.54, 1.807) is 16.0 Å². The Labute approximate surface area is 168 Å². The first-order valence-corrected chi connectivity index (χ1v) is 9.80. The van der Waals surface area contributed by atoms with E-state index in [2.05, 4.69) is 21.8 Å². The van der Waals surface area contributed by atoms with Gasteiger partial charge in [0.05, 0.1) is 19.3 Å². The van der Waals surface area contributed by atoms with Crippen molar-refractivity contribution in [3.8, 4) is 11.4 Å². The second-order valence-corrected chi connectivity index (χ2v) is 7.48. The lowest BCUT2D eigenvalue weighted by atomic mass is 10.1. The summed E-state index contributed by atoms with van der Waals surface area (Å²) in [4.78, 5) is 35.4. The van der Waals surface area contributed by atoms with E-state index in [0.717, 1.165) is 29.0 Å². The van der Waals surface area contributed by atoms with E-state index in [-0.39, 0.29) is 12.1 Å². The number of rotatable bonds is 3. The number of morpholine rings is 1. The van der Waals surface area contributed by atoms with Crippen molar-refractivity contribution in [2.24, 2.45) is 0 Å². The third-order valence-electron chi connectivity index (χ3n) is 5.56. The highest BCUT2D eigenvalue weighted by Crippen LogP contribution is 2.31. The number of amides is 2. The molecule has 5 rings (SSSR count). The van der Waals surface area contributed by atoms with Crippen LogP contribution < -0.4 is 9.80 Å². The standard InChI is InChI=1S/C20H23N7O2/c1-13-12-29-10-9-26(13)16-11-17(27-8-7-25(2)20(27)28)24-19(23-16)15-4-6-22-18-14(15)3-5-21-18/h3-6,11,13H,7-10,12H2,1-2H3,(H,21,22)/t13-/m1/s1. The molecule has 0 bridgehead atoms. The van der Waals surface area contributed by atoms with Gasteiger partial charge in [-0.15, -0.1) is 0 Å². The van der Waals surface area contributed by atoms with Crippen LogP contribution in [0, 0.1) is 0 Å². The number of aromatic amines is 1. The van der Waals surface area contributed by atoms with Gasteiger partial charge >= 0.3 is 6.03 Å². The summed E-state index contributed by atoms with van der Waals surface area (Å²) in [5.74, 6) is 2.02. The molecule has 150 valence electrons. The van der Waals surface area contributed by atoms with Crippen LogP contribution in [0.1, 0.15) is 6.92 Å². The number of carbonyl (C=O) groups is 1. The Kier molecular flexibility index (Phi) is 4.31. The van der Waals surface area contributed by atoms with Crippen LogP contribution in [-0.4, -0.2) is 76.8 Å². The predicted molar refractivity (Wildman–Crippen MR) is 110 cm³/mol. The molecule has 29 heavy (non-hydrogen) atoms. The van der Waals surface area contributed by atoms with Crippen molar-refractivity contribution in [1.29, 1.82) is 0 Å². The molecule has 0 spiro atoms. The number of anilines is 2. The highest BCUT2D eigenvalue weighted by Gasteiger charge is 2.30. The molecule has 3 aromatic rings.